The summed E-state index contributed by atoms with van der Waals surface area (Å²) >= 11 is 3.19. The van der Waals surface area contributed by atoms with E-state index in [4.69, 9.17) is 0 Å². The van der Waals surface area contributed by atoms with Gasteiger partial charge in [0.05, 0.1) is 0 Å². The second-order valence-electron chi connectivity index (χ2n) is 4.27. The topological polar surface area (TPSA) is 103 Å². The molecule has 0 aliphatic carbocycles. The minimum Gasteiger partial charge on any atom is -0.372 e. The van der Waals surface area contributed by atoms with E-state index in [0.29, 0.717) is 4.47 Å². The van der Waals surface area contributed by atoms with Gasteiger partial charge in [0.2, 0.25) is 10.0 Å². The predicted octanol–water partition coefficient (Wildman–Crippen LogP) is 0.435. The van der Waals surface area contributed by atoms with Crippen molar-refractivity contribution < 1.29 is 13.2 Å². The highest BCUT2D eigenvalue weighted by molar-refractivity contribution is 9.10. The quantitative estimate of drug-likeness (QED) is 0.622. The highest BCUT2D eigenvalue weighted by atomic mass is 79.9. The maximum absolute atomic E-state index is 12.2. The van der Waals surface area contributed by atoms with Crippen LogP contribution in [0.15, 0.2) is 21.6 Å². The maximum atomic E-state index is 12.2. The Labute approximate surface area is 132 Å². The molecule has 1 aromatic heterocycles. The minimum absolute atomic E-state index is 0.0401. The standard InChI is InChI=1S/C11H18BrN5O3S/c1-13-10-9(6-8(12)7-15-10)21(19,20)16-5-4-14-11(18)17(2)3/h6-7,16H,4-5H2,1-3H3,(H,13,15)(H,14,18). The lowest BCUT2D eigenvalue weighted by molar-refractivity contribution is 0.217. The van der Waals surface area contributed by atoms with E-state index in [1.165, 1.54) is 17.2 Å². The number of carbonyl (C=O) groups excluding carboxylic acids is 1. The molecule has 0 aromatic carbocycles. The summed E-state index contributed by atoms with van der Waals surface area (Å²) in [5.41, 5.74) is 0. The number of aromatic nitrogens is 1. The van der Waals surface area contributed by atoms with Crippen LogP contribution in [0.1, 0.15) is 0 Å². The molecule has 0 aliphatic heterocycles. The van der Waals surface area contributed by atoms with Crippen molar-refractivity contribution >= 4 is 37.8 Å². The van der Waals surface area contributed by atoms with Crippen LogP contribution >= 0.6 is 15.9 Å². The van der Waals surface area contributed by atoms with Crippen molar-refractivity contribution in [2.45, 2.75) is 4.90 Å². The maximum Gasteiger partial charge on any atom is 0.316 e. The number of sulfonamides is 1. The minimum atomic E-state index is -3.71. The average Bonchev–Trinajstić information content (AvgIpc) is 2.43. The van der Waals surface area contributed by atoms with Crippen LogP contribution in [0.3, 0.4) is 0 Å². The zero-order valence-electron chi connectivity index (χ0n) is 12.0. The summed E-state index contributed by atoms with van der Waals surface area (Å²) in [5, 5.41) is 5.29. The molecule has 0 atom stereocenters. The van der Waals surface area contributed by atoms with E-state index < -0.39 is 10.0 Å². The normalized spacial score (nSPS) is 11.0. The molecule has 0 aliphatic rings. The third-order valence-electron chi connectivity index (χ3n) is 2.45. The molecule has 21 heavy (non-hydrogen) atoms. The van der Waals surface area contributed by atoms with Crippen LogP contribution in [0.5, 0.6) is 0 Å². The fraction of sp³-hybridized carbons (Fsp3) is 0.455. The van der Waals surface area contributed by atoms with E-state index in [1.807, 2.05) is 0 Å². The molecule has 1 heterocycles. The molecule has 0 fully saturated rings. The van der Waals surface area contributed by atoms with Crippen LogP contribution in [0.2, 0.25) is 0 Å². The Morgan fingerprint density at radius 1 is 1.38 bits per heavy atom. The number of amides is 2. The van der Waals surface area contributed by atoms with E-state index in [0.717, 1.165) is 0 Å². The largest absolute Gasteiger partial charge is 0.372 e. The molecule has 0 spiro atoms. The number of nitrogens with one attached hydrogen (secondary N) is 3. The molecule has 1 rings (SSSR count). The molecule has 0 saturated carbocycles. The van der Waals surface area contributed by atoms with Gasteiger partial charge >= 0.3 is 6.03 Å². The third-order valence-corrected chi connectivity index (χ3v) is 4.35. The summed E-state index contributed by atoms with van der Waals surface area (Å²) in [6.45, 7) is 0.268. The van der Waals surface area contributed by atoms with E-state index in [-0.39, 0.29) is 29.8 Å². The van der Waals surface area contributed by atoms with Crippen LogP contribution < -0.4 is 15.4 Å². The van der Waals surface area contributed by atoms with Crippen molar-refractivity contribution in [1.82, 2.24) is 19.9 Å². The van der Waals surface area contributed by atoms with E-state index in [2.05, 4.69) is 36.3 Å². The molecular formula is C11H18BrN5O3S. The Morgan fingerprint density at radius 3 is 2.62 bits per heavy atom. The molecule has 2 amide bonds. The first-order chi connectivity index (χ1) is 9.77. The lowest BCUT2D eigenvalue weighted by Gasteiger charge is -2.13. The zero-order chi connectivity index (χ0) is 16.0. The highest BCUT2D eigenvalue weighted by Gasteiger charge is 2.19. The number of rotatable bonds is 6. The third kappa shape index (κ3) is 5.14. The van der Waals surface area contributed by atoms with E-state index >= 15 is 0 Å². The second-order valence-corrected chi connectivity index (χ2v) is 6.93. The molecule has 1 aromatic rings. The van der Waals surface area contributed by atoms with Crippen molar-refractivity contribution in [3.05, 3.63) is 16.7 Å². The number of pyridine rings is 1. The average molecular weight is 380 g/mol. The van der Waals surface area contributed by atoms with Gasteiger partial charge in [-0.2, -0.15) is 0 Å². The van der Waals surface area contributed by atoms with Gasteiger partial charge in [-0.05, 0) is 22.0 Å². The highest BCUT2D eigenvalue weighted by Crippen LogP contribution is 2.22. The van der Waals surface area contributed by atoms with Crippen molar-refractivity contribution in [3.8, 4) is 0 Å². The Balaban J connectivity index is 2.70. The SMILES string of the molecule is CNc1ncc(Br)cc1S(=O)(=O)NCCNC(=O)N(C)C. The lowest BCUT2D eigenvalue weighted by Crippen LogP contribution is -2.39. The van der Waals surface area contributed by atoms with Crippen molar-refractivity contribution in [3.63, 3.8) is 0 Å². The van der Waals surface area contributed by atoms with Gasteiger partial charge in [0, 0.05) is 44.9 Å². The van der Waals surface area contributed by atoms with Gasteiger partial charge in [-0.25, -0.2) is 22.9 Å². The second kappa shape index (κ2) is 7.57. The van der Waals surface area contributed by atoms with Crippen molar-refractivity contribution in [2.75, 3.05) is 39.5 Å². The monoisotopic (exact) mass is 379 g/mol. The van der Waals surface area contributed by atoms with E-state index in [9.17, 15) is 13.2 Å². The molecule has 0 saturated heterocycles. The molecule has 0 radical (unpaired) electrons. The first-order valence-electron chi connectivity index (χ1n) is 6.06. The van der Waals surface area contributed by atoms with Crippen molar-refractivity contribution in [1.29, 1.82) is 0 Å². The zero-order valence-corrected chi connectivity index (χ0v) is 14.4. The number of carbonyl (C=O) groups is 1. The van der Waals surface area contributed by atoms with Gasteiger partial charge in [0.15, 0.2) is 0 Å². The smallest absolute Gasteiger partial charge is 0.316 e. The number of anilines is 1. The summed E-state index contributed by atoms with van der Waals surface area (Å²) in [5.74, 6) is 0.253. The predicted molar refractivity (Wildman–Crippen MR) is 83.8 cm³/mol. The van der Waals surface area contributed by atoms with Gasteiger partial charge < -0.3 is 15.5 Å². The van der Waals surface area contributed by atoms with Gasteiger partial charge in [-0.1, -0.05) is 0 Å². The molecule has 0 bridgehead atoms. The summed E-state index contributed by atoms with van der Waals surface area (Å²) in [7, 11) is 1.08. The van der Waals surface area contributed by atoms with Gasteiger partial charge in [0.1, 0.15) is 10.7 Å². The van der Waals surface area contributed by atoms with Crippen LogP contribution in [0.4, 0.5) is 10.6 Å². The number of nitrogens with zero attached hydrogens (tertiary/aromatic N) is 2. The van der Waals surface area contributed by atoms with Gasteiger partial charge in [0.25, 0.3) is 0 Å². The van der Waals surface area contributed by atoms with E-state index in [1.54, 1.807) is 21.1 Å². The Hall–Kier alpha value is -1.39. The fourth-order valence-corrected chi connectivity index (χ4v) is 3.10. The number of hydrogen-bond acceptors (Lipinski definition) is 5. The Morgan fingerprint density at radius 2 is 2.05 bits per heavy atom. The summed E-state index contributed by atoms with van der Waals surface area (Å²) in [4.78, 5) is 16.7. The fourth-order valence-electron chi connectivity index (χ4n) is 1.40. The summed E-state index contributed by atoms with van der Waals surface area (Å²) in [6.07, 6.45) is 1.50. The number of urea groups is 1. The first kappa shape index (κ1) is 17.7. The Bertz CT molecular complexity index is 606. The molecule has 3 N–H and O–H groups in total. The van der Waals surface area contributed by atoms with Crippen LogP contribution in [0, 0.1) is 0 Å². The lowest BCUT2D eigenvalue weighted by atomic mass is 10.4. The molecule has 118 valence electrons. The summed E-state index contributed by atoms with van der Waals surface area (Å²) in [6, 6.07) is 1.17. The van der Waals surface area contributed by atoms with Gasteiger partial charge in [-0.3, -0.25) is 0 Å². The van der Waals surface area contributed by atoms with Crippen LogP contribution in [-0.4, -0.2) is 58.6 Å². The number of hydrogen-bond donors (Lipinski definition) is 3. The molecule has 0 unspecified atom stereocenters. The van der Waals surface area contributed by atoms with Crippen molar-refractivity contribution in [2.24, 2.45) is 0 Å². The van der Waals surface area contributed by atoms with Crippen LogP contribution in [0.25, 0.3) is 0 Å². The first-order valence-corrected chi connectivity index (χ1v) is 8.33. The molecular weight excluding hydrogens is 362 g/mol. The number of halogens is 1. The Kier molecular flexibility index (Phi) is 6.37. The van der Waals surface area contributed by atoms with Crippen LogP contribution in [-0.2, 0) is 10.0 Å². The summed E-state index contributed by atoms with van der Waals surface area (Å²) < 4.78 is 27.4. The molecule has 8 nitrogen and oxygen atoms in total. The molecule has 10 heteroatoms. The van der Waals surface area contributed by atoms with Gasteiger partial charge in [-0.15, -0.1) is 0 Å².